The Labute approximate surface area is 170 Å². The molecule has 0 aliphatic carbocycles. The molecule has 0 aliphatic rings. The molecule has 3 unspecified atom stereocenters. The molecule has 3 atom stereocenters. The van der Waals surface area contributed by atoms with Gasteiger partial charge in [0.2, 0.25) is 17.7 Å². The molecular weight excluding hydrogens is 384 g/mol. The van der Waals surface area contributed by atoms with Crippen molar-refractivity contribution in [3.63, 3.8) is 0 Å². The second-order valence-corrected chi connectivity index (χ2v) is 8.35. The first-order chi connectivity index (χ1) is 13.0. The van der Waals surface area contributed by atoms with E-state index in [0.717, 1.165) is 0 Å². The fourth-order valence-corrected chi connectivity index (χ4v) is 2.97. The number of carbonyl (C=O) groups excluding carboxylic acids is 3. The monoisotopic (exact) mass is 418 g/mol. The maximum Gasteiger partial charge on any atom is 0.326 e. The van der Waals surface area contributed by atoms with Crippen LogP contribution in [0.15, 0.2) is 0 Å². The van der Waals surface area contributed by atoms with Gasteiger partial charge in [0.15, 0.2) is 0 Å². The molecule has 0 saturated carbocycles. The predicted octanol–water partition coefficient (Wildman–Crippen LogP) is -0.0607. The second kappa shape index (κ2) is 13.4. The maximum absolute atomic E-state index is 12.6. The summed E-state index contributed by atoms with van der Waals surface area (Å²) in [7, 11) is 0. The Balaban J connectivity index is 5.26. The third-order valence-corrected chi connectivity index (χ3v) is 4.66. The van der Waals surface area contributed by atoms with E-state index in [9.17, 15) is 24.3 Å². The maximum atomic E-state index is 12.6. The van der Waals surface area contributed by atoms with Crippen LogP contribution in [0.4, 0.5) is 0 Å². The van der Waals surface area contributed by atoms with Crippen molar-refractivity contribution in [1.29, 1.82) is 0 Å². The highest BCUT2D eigenvalue weighted by molar-refractivity contribution is 7.98. The fraction of sp³-hybridized carbons (Fsp3) is 0.778. The van der Waals surface area contributed by atoms with Gasteiger partial charge in [-0.05, 0) is 36.7 Å². The second-order valence-electron chi connectivity index (χ2n) is 7.36. The minimum atomic E-state index is -1.12. The van der Waals surface area contributed by atoms with Crippen LogP contribution in [-0.4, -0.2) is 65.5 Å². The average Bonchev–Trinajstić information content (AvgIpc) is 2.60. The van der Waals surface area contributed by atoms with Crippen LogP contribution in [0.1, 0.15) is 40.5 Å². The highest BCUT2D eigenvalue weighted by atomic mass is 32.2. The van der Waals surface area contributed by atoms with Gasteiger partial charge < -0.3 is 26.8 Å². The zero-order valence-electron chi connectivity index (χ0n) is 17.3. The summed E-state index contributed by atoms with van der Waals surface area (Å²) in [5.74, 6) is -2.18. The van der Waals surface area contributed by atoms with E-state index in [1.807, 2.05) is 20.1 Å². The van der Waals surface area contributed by atoms with Gasteiger partial charge in [-0.1, -0.05) is 27.7 Å². The van der Waals surface area contributed by atoms with E-state index in [4.69, 9.17) is 5.73 Å². The molecule has 0 aliphatic heterocycles. The van der Waals surface area contributed by atoms with E-state index < -0.39 is 41.8 Å². The number of hydrogen-bond donors (Lipinski definition) is 5. The van der Waals surface area contributed by atoms with Gasteiger partial charge in [0.05, 0.1) is 6.54 Å². The van der Waals surface area contributed by atoms with Gasteiger partial charge in [-0.3, -0.25) is 14.4 Å². The number of carboxylic acids is 1. The van der Waals surface area contributed by atoms with Gasteiger partial charge in [0.25, 0.3) is 0 Å². The van der Waals surface area contributed by atoms with Crippen LogP contribution in [0.3, 0.4) is 0 Å². The molecule has 0 aromatic rings. The number of thioether (sulfide) groups is 1. The molecule has 0 rings (SSSR count). The van der Waals surface area contributed by atoms with Crippen molar-refractivity contribution < 1.29 is 24.3 Å². The number of nitrogens with one attached hydrogen (secondary N) is 3. The summed E-state index contributed by atoms with van der Waals surface area (Å²) < 4.78 is 0. The number of rotatable bonds is 13. The van der Waals surface area contributed by atoms with E-state index in [1.165, 1.54) is 11.8 Å². The van der Waals surface area contributed by atoms with Crippen LogP contribution in [0, 0.1) is 11.8 Å². The molecule has 0 fully saturated rings. The predicted molar refractivity (Wildman–Crippen MR) is 110 cm³/mol. The Hall–Kier alpha value is -1.81. The summed E-state index contributed by atoms with van der Waals surface area (Å²) in [6.07, 6.45) is 2.49. The lowest BCUT2D eigenvalue weighted by molar-refractivity contribution is -0.142. The number of nitrogens with two attached hydrogens (primary N) is 1. The minimum absolute atomic E-state index is 0.0810. The van der Waals surface area contributed by atoms with Crippen molar-refractivity contribution in [3.05, 3.63) is 0 Å². The lowest BCUT2D eigenvalue weighted by atomic mass is 10.0. The average molecular weight is 419 g/mol. The number of hydrogen-bond acceptors (Lipinski definition) is 6. The van der Waals surface area contributed by atoms with Crippen molar-refractivity contribution in [2.75, 3.05) is 18.6 Å². The zero-order chi connectivity index (χ0) is 21.9. The SMILES string of the molecule is CSCCC(NC(=O)C(NC(=O)CN)C(C)C)C(=O)NC(CC(C)C)C(=O)O. The standard InChI is InChI=1S/C18H34N4O5S/c1-10(2)8-13(18(26)27)21-16(24)12(6-7-28-5)20-17(25)15(11(3)4)22-14(23)9-19/h10-13,15H,6-9,19H2,1-5H3,(H,20,25)(H,21,24)(H,22,23)(H,26,27). The molecule has 10 heteroatoms. The molecule has 0 spiro atoms. The van der Waals surface area contributed by atoms with E-state index >= 15 is 0 Å². The summed E-state index contributed by atoms with van der Waals surface area (Å²) in [6, 6.07) is -2.77. The van der Waals surface area contributed by atoms with Crippen LogP contribution >= 0.6 is 11.8 Å². The highest BCUT2D eigenvalue weighted by Gasteiger charge is 2.30. The molecule has 9 nitrogen and oxygen atoms in total. The molecule has 0 aromatic carbocycles. The van der Waals surface area contributed by atoms with Crippen LogP contribution in [0.5, 0.6) is 0 Å². The van der Waals surface area contributed by atoms with Gasteiger partial charge >= 0.3 is 5.97 Å². The van der Waals surface area contributed by atoms with Crippen LogP contribution in [0.2, 0.25) is 0 Å². The molecule has 6 N–H and O–H groups in total. The first kappa shape index (κ1) is 26.2. The first-order valence-corrected chi connectivity index (χ1v) is 10.7. The molecule has 0 radical (unpaired) electrons. The number of aliphatic carboxylic acids is 1. The molecule has 162 valence electrons. The Morgan fingerprint density at radius 2 is 1.54 bits per heavy atom. The van der Waals surface area contributed by atoms with Crippen LogP contribution in [-0.2, 0) is 19.2 Å². The molecule has 0 aromatic heterocycles. The van der Waals surface area contributed by atoms with Gasteiger partial charge in [-0.25, -0.2) is 4.79 Å². The summed E-state index contributed by atoms with van der Waals surface area (Å²) in [5.41, 5.74) is 5.29. The Morgan fingerprint density at radius 3 is 1.96 bits per heavy atom. The first-order valence-electron chi connectivity index (χ1n) is 9.35. The van der Waals surface area contributed by atoms with E-state index in [0.29, 0.717) is 12.2 Å². The molecule has 3 amide bonds. The topological polar surface area (TPSA) is 151 Å². The summed E-state index contributed by atoms with van der Waals surface area (Å²) >= 11 is 1.51. The van der Waals surface area contributed by atoms with E-state index in [2.05, 4.69) is 16.0 Å². The minimum Gasteiger partial charge on any atom is -0.480 e. The van der Waals surface area contributed by atoms with Crippen molar-refractivity contribution >= 4 is 35.5 Å². The molecule has 0 saturated heterocycles. The van der Waals surface area contributed by atoms with Crippen LogP contribution < -0.4 is 21.7 Å². The molecule has 28 heavy (non-hydrogen) atoms. The van der Waals surface area contributed by atoms with Crippen LogP contribution in [0.25, 0.3) is 0 Å². The third-order valence-electron chi connectivity index (χ3n) is 4.02. The quantitative estimate of drug-likeness (QED) is 0.281. The normalized spacial score (nSPS) is 14.3. The summed E-state index contributed by atoms with van der Waals surface area (Å²) in [4.78, 5) is 48.3. The lowest BCUT2D eigenvalue weighted by Gasteiger charge is -2.26. The van der Waals surface area contributed by atoms with Crippen molar-refractivity contribution in [2.24, 2.45) is 17.6 Å². The number of amides is 3. The van der Waals surface area contributed by atoms with Crippen molar-refractivity contribution in [1.82, 2.24) is 16.0 Å². The fourth-order valence-electron chi connectivity index (χ4n) is 2.50. The third kappa shape index (κ3) is 9.93. The summed E-state index contributed by atoms with van der Waals surface area (Å²) in [6.45, 7) is 7.01. The van der Waals surface area contributed by atoms with Gasteiger partial charge in [-0.2, -0.15) is 11.8 Å². The lowest BCUT2D eigenvalue weighted by Crippen LogP contribution is -2.57. The van der Waals surface area contributed by atoms with Gasteiger partial charge in [0, 0.05) is 0 Å². The van der Waals surface area contributed by atoms with E-state index in [-0.39, 0.29) is 24.8 Å². The largest absolute Gasteiger partial charge is 0.480 e. The van der Waals surface area contributed by atoms with Crippen molar-refractivity contribution in [2.45, 2.75) is 58.7 Å². The zero-order valence-corrected chi connectivity index (χ0v) is 18.1. The Bertz CT molecular complexity index is 542. The smallest absolute Gasteiger partial charge is 0.326 e. The van der Waals surface area contributed by atoms with Crippen molar-refractivity contribution in [3.8, 4) is 0 Å². The Kier molecular flexibility index (Phi) is 12.5. The van der Waals surface area contributed by atoms with Gasteiger partial charge in [-0.15, -0.1) is 0 Å². The highest BCUT2D eigenvalue weighted by Crippen LogP contribution is 2.08. The molecule has 0 heterocycles. The van der Waals surface area contributed by atoms with Gasteiger partial charge in [0.1, 0.15) is 18.1 Å². The molecule has 0 bridgehead atoms. The Morgan fingerprint density at radius 1 is 0.964 bits per heavy atom. The summed E-state index contributed by atoms with van der Waals surface area (Å²) in [5, 5.41) is 17.0. The van der Waals surface area contributed by atoms with E-state index in [1.54, 1.807) is 13.8 Å². The molecular formula is C18H34N4O5S. The number of carboxylic acid groups (broad SMARTS) is 1. The number of carbonyl (C=O) groups is 4.